The molecule has 2 atom stereocenters. The first-order chi connectivity index (χ1) is 22.9. The van der Waals surface area contributed by atoms with Crippen LogP contribution in [0.2, 0.25) is 0 Å². The van der Waals surface area contributed by atoms with E-state index in [9.17, 15) is 14.8 Å². The lowest BCUT2D eigenvalue weighted by atomic mass is 9.98. The van der Waals surface area contributed by atoms with Gasteiger partial charge in [0.25, 0.3) is 0 Å². The van der Waals surface area contributed by atoms with Crippen LogP contribution in [-0.2, 0) is 16.0 Å². The molecule has 1 aliphatic carbocycles. The molecule has 1 N–H and O–H groups in total. The van der Waals surface area contributed by atoms with E-state index >= 15 is 0 Å². The molecular weight excluding hydrogens is 599 g/mol. The maximum absolute atomic E-state index is 14.9. The summed E-state index contributed by atoms with van der Waals surface area (Å²) in [4.78, 5) is 14.4. The number of imidazole rings is 1. The van der Waals surface area contributed by atoms with Gasteiger partial charge in [0.1, 0.15) is 23.2 Å². The van der Waals surface area contributed by atoms with Crippen LogP contribution < -0.4 is 9.64 Å². The molecule has 10 nitrogen and oxygen atoms in total. The molecule has 2 unspecified atom stereocenters. The first kappa shape index (κ1) is 29.9. The van der Waals surface area contributed by atoms with Crippen molar-refractivity contribution in [3.05, 3.63) is 53.1 Å². The van der Waals surface area contributed by atoms with Crippen molar-refractivity contribution in [1.29, 1.82) is 5.26 Å². The maximum Gasteiger partial charge on any atom is 0.244 e. The van der Waals surface area contributed by atoms with Crippen LogP contribution in [0.3, 0.4) is 0 Å². The number of benzene rings is 2. The second kappa shape index (κ2) is 12.0. The summed E-state index contributed by atoms with van der Waals surface area (Å²) in [6.07, 6.45) is 10.4. The number of fused-ring (bicyclic) bond motifs is 3. The van der Waals surface area contributed by atoms with Gasteiger partial charge < -0.3 is 33.7 Å². The first-order valence-corrected chi connectivity index (χ1v) is 16.4. The minimum absolute atomic E-state index is 0.0341. The van der Waals surface area contributed by atoms with Crippen LogP contribution in [0.1, 0.15) is 36.0 Å². The summed E-state index contributed by atoms with van der Waals surface area (Å²) < 4.78 is 34.7. The maximum atomic E-state index is 14.9. The highest BCUT2D eigenvalue weighted by molar-refractivity contribution is 5.93. The Morgan fingerprint density at radius 1 is 1.11 bits per heavy atom. The number of halogens is 1. The Balaban J connectivity index is 1.17. The summed E-state index contributed by atoms with van der Waals surface area (Å²) in [5, 5.41) is 22.3. The van der Waals surface area contributed by atoms with Gasteiger partial charge in [-0.1, -0.05) is 12.0 Å². The molecule has 242 valence electrons. The van der Waals surface area contributed by atoms with Crippen LogP contribution in [0.5, 0.6) is 11.6 Å². The van der Waals surface area contributed by atoms with Gasteiger partial charge in [0.05, 0.1) is 43.8 Å². The van der Waals surface area contributed by atoms with Crippen molar-refractivity contribution >= 4 is 27.6 Å². The zero-order valence-electron chi connectivity index (χ0n) is 26.3. The van der Waals surface area contributed by atoms with E-state index in [0.717, 1.165) is 52.1 Å². The summed E-state index contributed by atoms with van der Waals surface area (Å²) in [5.74, 6) is 4.21. The zero-order valence-corrected chi connectivity index (χ0v) is 26.3. The highest BCUT2D eigenvalue weighted by Crippen LogP contribution is 2.48. The third-order valence-corrected chi connectivity index (χ3v) is 10.3. The smallest absolute Gasteiger partial charge is 0.244 e. The lowest BCUT2D eigenvalue weighted by Gasteiger charge is -2.25. The minimum Gasteiger partial charge on any atom is -0.508 e. The monoisotopic (exact) mass is 636 g/mol. The molecule has 0 radical (unpaired) electrons. The van der Waals surface area contributed by atoms with E-state index in [0.29, 0.717) is 89.4 Å². The number of hydrogen-bond donors (Lipinski definition) is 1. The first-order valence-electron chi connectivity index (χ1n) is 16.4. The minimum atomic E-state index is -0.509. The predicted molar refractivity (Wildman–Crippen MR) is 174 cm³/mol. The summed E-state index contributed by atoms with van der Waals surface area (Å²) in [5.41, 5.74) is 2.25. The number of pyridine rings is 1. The molecule has 4 aromatic rings. The van der Waals surface area contributed by atoms with E-state index in [4.69, 9.17) is 30.6 Å². The summed E-state index contributed by atoms with van der Waals surface area (Å²) in [6.45, 7) is 8.02. The van der Waals surface area contributed by atoms with Gasteiger partial charge in [-0.25, -0.2) is 9.37 Å². The third-order valence-electron chi connectivity index (χ3n) is 10.3. The van der Waals surface area contributed by atoms with Crippen LogP contribution in [-0.4, -0.2) is 90.3 Å². The molecule has 8 rings (SSSR count). The number of hydrogen-bond acceptors (Lipinski definition) is 9. The Bertz CT molecular complexity index is 1920. The lowest BCUT2D eigenvalue weighted by Crippen LogP contribution is -2.33. The molecule has 47 heavy (non-hydrogen) atoms. The molecule has 5 heterocycles. The molecule has 3 aliphatic heterocycles. The molecule has 1 saturated carbocycles. The highest BCUT2D eigenvalue weighted by Gasteiger charge is 2.48. The van der Waals surface area contributed by atoms with Crippen LogP contribution >= 0.6 is 0 Å². The Morgan fingerprint density at radius 2 is 1.94 bits per heavy atom. The normalized spacial score (nSPS) is 22.2. The van der Waals surface area contributed by atoms with Crippen molar-refractivity contribution in [1.82, 2.24) is 19.4 Å². The average Bonchev–Trinajstić information content (AvgIpc) is 3.40. The van der Waals surface area contributed by atoms with E-state index < -0.39 is 5.82 Å². The molecule has 2 aromatic carbocycles. The standard InChI is InChI=1S/C36H37FN6O4/c1-2-28-30(37)5-4-23-12-27(44)13-24(31(23)28)17-43-22-39-32-33(43)29(14-38)34(42-8-3-10-45-11-9-42)40-35(32)47-21-36(6-7-36)20-41-15-25-18-46-19-26(25)16-41/h1,4-5,12-13,22,25-26,44H,3,6-11,15-21H2. The number of phenolic OH excluding ortho intramolecular Hbond substituents is 1. The van der Waals surface area contributed by atoms with Crippen LogP contribution in [0.4, 0.5) is 10.2 Å². The zero-order chi connectivity index (χ0) is 32.1. The number of rotatable bonds is 8. The fourth-order valence-corrected chi connectivity index (χ4v) is 7.72. The van der Waals surface area contributed by atoms with Crippen molar-refractivity contribution in [3.63, 3.8) is 0 Å². The number of anilines is 1. The second-order valence-corrected chi connectivity index (χ2v) is 13.6. The van der Waals surface area contributed by atoms with Crippen molar-refractivity contribution in [2.45, 2.75) is 25.8 Å². The van der Waals surface area contributed by atoms with Gasteiger partial charge in [-0.15, -0.1) is 6.42 Å². The van der Waals surface area contributed by atoms with Crippen LogP contribution in [0.15, 0.2) is 30.6 Å². The molecule has 2 aromatic heterocycles. The van der Waals surface area contributed by atoms with Gasteiger partial charge in [0.2, 0.25) is 5.88 Å². The largest absolute Gasteiger partial charge is 0.508 e. The van der Waals surface area contributed by atoms with E-state index in [-0.39, 0.29) is 23.3 Å². The number of terminal acetylenes is 1. The summed E-state index contributed by atoms with van der Waals surface area (Å²) >= 11 is 0. The Kier molecular flexibility index (Phi) is 7.64. The Morgan fingerprint density at radius 3 is 2.70 bits per heavy atom. The predicted octanol–water partition coefficient (Wildman–Crippen LogP) is 4.29. The van der Waals surface area contributed by atoms with Gasteiger partial charge in [-0.05, 0) is 48.4 Å². The Hall–Kier alpha value is -4.42. The van der Waals surface area contributed by atoms with Crippen LogP contribution in [0, 0.1) is 46.7 Å². The Labute approximate surface area is 272 Å². The second-order valence-electron chi connectivity index (χ2n) is 13.6. The van der Waals surface area contributed by atoms with E-state index in [2.05, 4.69) is 21.8 Å². The van der Waals surface area contributed by atoms with E-state index in [1.807, 2.05) is 4.57 Å². The number of likely N-dealkylation sites (tertiary alicyclic amines) is 1. The average molecular weight is 637 g/mol. The number of aromatic nitrogens is 3. The topological polar surface area (TPSA) is 109 Å². The molecule has 0 spiro atoms. The van der Waals surface area contributed by atoms with Crippen molar-refractivity contribution in [2.75, 3.05) is 70.7 Å². The van der Waals surface area contributed by atoms with Gasteiger partial charge >= 0.3 is 0 Å². The van der Waals surface area contributed by atoms with Gasteiger partial charge in [0, 0.05) is 68.5 Å². The molecule has 3 saturated heterocycles. The summed E-state index contributed by atoms with van der Waals surface area (Å²) in [7, 11) is 0. The third kappa shape index (κ3) is 5.53. The van der Waals surface area contributed by atoms with Gasteiger partial charge in [-0.3, -0.25) is 0 Å². The van der Waals surface area contributed by atoms with E-state index in [1.54, 1.807) is 24.5 Å². The SMILES string of the molecule is C#Cc1c(F)ccc2cc(O)cc(Cn3cnc4c(OCC5(CN6CC7COCC7C6)CC5)nc(N5CCCOCC5)c(C#N)c43)c12. The molecule has 0 amide bonds. The van der Waals surface area contributed by atoms with Crippen molar-refractivity contribution in [2.24, 2.45) is 17.3 Å². The lowest BCUT2D eigenvalue weighted by molar-refractivity contribution is 0.133. The van der Waals surface area contributed by atoms with Crippen molar-refractivity contribution in [3.8, 4) is 30.0 Å². The number of phenols is 1. The highest BCUT2D eigenvalue weighted by atomic mass is 19.1. The molecule has 4 aliphatic rings. The molecule has 0 bridgehead atoms. The number of aromatic hydroxyl groups is 1. The molecule has 4 fully saturated rings. The fraction of sp³-hybridized carbons (Fsp3) is 0.472. The number of nitriles is 1. The summed E-state index contributed by atoms with van der Waals surface area (Å²) in [6, 6.07) is 8.47. The number of ether oxygens (including phenoxy) is 3. The van der Waals surface area contributed by atoms with Crippen LogP contribution in [0.25, 0.3) is 21.8 Å². The van der Waals surface area contributed by atoms with E-state index in [1.165, 1.54) is 6.07 Å². The van der Waals surface area contributed by atoms with Gasteiger partial charge in [-0.2, -0.15) is 10.2 Å². The van der Waals surface area contributed by atoms with Gasteiger partial charge in [0.15, 0.2) is 11.3 Å². The number of nitrogens with zero attached hydrogens (tertiary/aromatic N) is 6. The fourth-order valence-electron chi connectivity index (χ4n) is 7.72. The van der Waals surface area contributed by atoms with Crippen molar-refractivity contribution < 1.29 is 23.7 Å². The molecular formula is C36H37FN6O4. The quantitative estimate of drug-likeness (QED) is 0.283. The molecule has 11 heteroatoms.